The van der Waals surface area contributed by atoms with Gasteiger partial charge in [-0.25, -0.2) is 0 Å². The zero-order valence-corrected chi connectivity index (χ0v) is 61.2. The molecular formula is C72H116O4P2S4Zn. The van der Waals surface area contributed by atoms with Gasteiger partial charge >= 0.3 is 19.5 Å². The smallest absolute Gasteiger partial charge is 0.783 e. The van der Waals surface area contributed by atoms with E-state index >= 15 is 0 Å². The fourth-order valence-corrected chi connectivity index (χ4v) is 18.3. The van der Waals surface area contributed by atoms with Crippen molar-refractivity contribution in [3.8, 4) is 11.5 Å². The molecule has 0 fully saturated rings. The number of rotatable bonds is 52. The van der Waals surface area contributed by atoms with Crippen molar-refractivity contribution in [1.82, 2.24) is 0 Å². The summed E-state index contributed by atoms with van der Waals surface area (Å²) in [5.74, 6) is 1.39. The zero-order valence-electron chi connectivity index (χ0n) is 53.2. The van der Waals surface area contributed by atoms with Crippen LogP contribution in [0.25, 0.3) is 0 Å². The number of benzene rings is 4. The van der Waals surface area contributed by atoms with Crippen molar-refractivity contribution in [2.45, 2.75) is 320 Å². The Kier molecular flexibility index (Phi) is 49.8. The van der Waals surface area contributed by atoms with Crippen LogP contribution < -0.4 is 18.8 Å². The van der Waals surface area contributed by atoms with Crippen molar-refractivity contribution < 1.29 is 38.3 Å². The third kappa shape index (κ3) is 41.0. The van der Waals surface area contributed by atoms with Gasteiger partial charge in [0, 0.05) is 9.79 Å². The second-order valence-electron chi connectivity index (χ2n) is 23.4. The second kappa shape index (κ2) is 52.9. The van der Waals surface area contributed by atoms with E-state index < -0.39 is 11.4 Å². The minimum Gasteiger partial charge on any atom is -0.783 e. The molecule has 4 aromatic carbocycles. The average molecular weight is 1300 g/mol. The van der Waals surface area contributed by atoms with Crippen LogP contribution in [0.3, 0.4) is 0 Å². The third-order valence-electron chi connectivity index (χ3n) is 15.9. The summed E-state index contributed by atoms with van der Waals surface area (Å²) in [4.78, 5) is 29.0. The van der Waals surface area contributed by atoms with Crippen molar-refractivity contribution >= 4 is 57.8 Å². The maximum Gasteiger partial charge on any atom is 2.00 e. The van der Waals surface area contributed by atoms with E-state index in [-0.39, 0.29) is 19.5 Å². The van der Waals surface area contributed by atoms with Crippen LogP contribution >= 0.6 is 34.2 Å². The van der Waals surface area contributed by atoms with Gasteiger partial charge in [-0.3, -0.25) is 0 Å². The minimum absolute atomic E-state index is 0. The Bertz CT molecular complexity index is 1940. The Morgan fingerprint density at radius 2 is 0.482 bits per heavy atom. The van der Waals surface area contributed by atoms with Gasteiger partial charge in [0.2, 0.25) is 0 Å². The number of hydrogen-bond acceptors (Lipinski definition) is 8. The standard InChI is InChI=1S/2C36H59O2PS2.Zn/c2*1-3-5-7-9-11-13-15-17-19-21-27-33-28-23-25-31-35(33)38-39(37,40)41-36-32-26-24-30-34(36)29-22-20-18-16-14-12-10-8-6-4-2;/h2*23-26,28,30-32H,3-22,27,29H2,1-2H3,(H,37,40);/q;;+2/p-2. The minimum atomic E-state index is -3.32. The average Bonchev–Trinajstić information content (AvgIpc) is 3.47. The molecule has 0 saturated heterocycles. The summed E-state index contributed by atoms with van der Waals surface area (Å²) in [5, 5.41) is 0. The molecule has 0 saturated carbocycles. The predicted octanol–water partition coefficient (Wildman–Crippen LogP) is 24.7. The molecule has 0 bridgehead atoms. The molecule has 0 spiro atoms. The number of unbranched alkanes of at least 4 members (excludes halogenated alkanes) is 36. The molecule has 0 aromatic heterocycles. The van der Waals surface area contributed by atoms with Gasteiger partial charge in [0.15, 0.2) is 0 Å². The Balaban J connectivity index is 0.000000560. The Labute approximate surface area is 542 Å². The summed E-state index contributed by atoms with van der Waals surface area (Å²) in [7, 11) is 0. The fraction of sp³-hybridized carbons (Fsp3) is 0.667. The normalized spacial score (nSPS) is 12.7. The molecule has 0 radical (unpaired) electrons. The van der Waals surface area contributed by atoms with Crippen LogP contribution in [0.5, 0.6) is 11.5 Å². The molecular weight excluding hydrogens is 1180 g/mol. The van der Waals surface area contributed by atoms with Crippen molar-refractivity contribution in [3.05, 3.63) is 119 Å². The summed E-state index contributed by atoms with van der Waals surface area (Å²) in [6.45, 7) is 9.09. The first-order valence-electron chi connectivity index (χ1n) is 33.8. The Hall–Kier alpha value is -0.977. The molecule has 0 heterocycles. The second-order valence-corrected chi connectivity index (χ2v) is 35.1. The summed E-state index contributed by atoms with van der Waals surface area (Å²) in [5.41, 5.74) is -1.92. The molecule has 0 aliphatic carbocycles. The van der Waals surface area contributed by atoms with Crippen molar-refractivity contribution in [2.75, 3.05) is 0 Å². The first-order chi connectivity index (χ1) is 40.1. The molecule has 83 heavy (non-hydrogen) atoms. The van der Waals surface area contributed by atoms with E-state index in [1.54, 1.807) is 0 Å². The fourth-order valence-electron chi connectivity index (χ4n) is 10.9. The van der Waals surface area contributed by atoms with Gasteiger partial charge in [-0.05, 0) is 97.9 Å². The van der Waals surface area contributed by atoms with Crippen LogP contribution in [0.2, 0.25) is 0 Å². The van der Waals surface area contributed by atoms with Gasteiger partial charge in [0.05, 0.1) is 0 Å². The SMILES string of the molecule is CCCCCCCCCCCCc1ccccc1OP([O-])(=S)Sc1ccccc1CCCCCCCCCCCC.CCCCCCCCCCCCc1ccccc1OP([O-])(=S)Sc1ccccc1CCCCCCCCCCCC.[Zn+2]. The quantitative estimate of drug-likeness (QED) is 0.0246. The van der Waals surface area contributed by atoms with Crippen LogP contribution in [-0.2, 0) is 68.8 Å². The van der Waals surface area contributed by atoms with Gasteiger partial charge in [0.1, 0.15) is 22.9 Å². The van der Waals surface area contributed by atoms with E-state index in [0.29, 0.717) is 11.5 Å². The van der Waals surface area contributed by atoms with Crippen molar-refractivity contribution in [3.63, 3.8) is 0 Å². The summed E-state index contributed by atoms with van der Waals surface area (Å²) in [6.07, 6.45) is 56.9. The van der Waals surface area contributed by atoms with Gasteiger partial charge in [-0.15, -0.1) is 0 Å². The first-order valence-corrected chi connectivity index (χ1v) is 41.9. The van der Waals surface area contributed by atoms with Crippen LogP contribution in [0.15, 0.2) is 107 Å². The van der Waals surface area contributed by atoms with Crippen LogP contribution in [0, 0.1) is 0 Å². The first kappa shape index (κ1) is 78.1. The van der Waals surface area contributed by atoms with Crippen molar-refractivity contribution in [1.29, 1.82) is 0 Å². The topological polar surface area (TPSA) is 64.6 Å². The predicted molar refractivity (Wildman–Crippen MR) is 370 cm³/mol. The van der Waals surface area contributed by atoms with E-state index in [1.807, 2.05) is 60.7 Å². The maximum atomic E-state index is 13.5. The van der Waals surface area contributed by atoms with Crippen LogP contribution in [0.1, 0.15) is 307 Å². The molecule has 11 heteroatoms. The largest absolute Gasteiger partial charge is 2.00 e. The molecule has 4 rings (SSSR count). The number of aryl methyl sites for hydroxylation is 4. The molecule has 0 amide bonds. The Morgan fingerprint density at radius 3 is 0.735 bits per heavy atom. The van der Waals surface area contributed by atoms with E-state index in [2.05, 4.69) is 64.1 Å². The zero-order chi connectivity index (χ0) is 58.9. The molecule has 0 aliphatic rings. The van der Waals surface area contributed by atoms with Crippen LogP contribution in [0.4, 0.5) is 0 Å². The third-order valence-corrected chi connectivity index (χ3v) is 23.2. The molecule has 4 aromatic rings. The van der Waals surface area contributed by atoms with Crippen LogP contribution in [-0.4, -0.2) is 0 Å². The summed E-state index contributed by atoms with van der Waals surface area (Å²) < 4.78 is 12.1. The monoisotopic (exact) mass is 1300 g/mol. The number of para-hydroxylation sites is 2. The van der Waals surface area contributed by atoms with Gasteiger partial charge in [0.25, 0.3) is 0 Å². The summed E-state index contributed by atoms with van der Waals surface area (Å²) >= 11 is 13.6. The molecule has 464 valence electrons. The van der Waals surface area contributed by atoms with Crippen molar-refractivity contribution in [2.24, 2.45) is 0 Å². The Morgan fingerprint density at radius 1 is 0.289 bits per heavy atom. The molecule has 2 unspecified atom stereocenters. The van der Waals surface area contributed by atoms with Gasteiger partial charge < -0.3 is 18.8 Å². The van der Waals surface area contributed by atoms with Gasteiger partial charge in [-0.2, -0.15) is 0 Å². The van der Waals surface area contributed by atoms with E-state index in [1.165, 1.54) is 265 Å². The summed E-state index contributed by atoms with van der Waals surface area (Å²) in [6, 6.07) is 32.7. The van der Waals surface area contributed by atoms with E-state index in [4.69, 9.17) is 32.7 Å². The molecule has 2 atom stereocenters. The van der Waals surface area contributed by atoms with E-state index in [9.17, 15) is 9.79 Å². The maximum absolute atomic E-state index is 13.5. The number of hydrogen-bond donors (Lipinski definition) is 0. The molecule has 4 nitrogen and oxygen atoms in total. The molecule has 0 aliphatic heterocycles. The van der Waals surface area contributed by atoms with E-state index in [0.717, 1.165) is 72.3 Å². The molecule has 0 N–H and O–H groups in total. The van der Waals surface area contributed by atoms with Gasteiger partial charge in [-0.1, -0.05) is 378 Å².